The number of amides is 2. The molecule has 1 aliphatic carbocycles. The van der Waals surface area contributed by atoms with Crippen molar-refractivity contribution in [3.63, 3.8) is 0 Å². The molecule has 30 heavy (non-hydrogen) atoms. The molecule has 7 nitrogen and oxygen atoms in total. The molecule has 2 aromatic rings. The zero-order valence-corrected chi connectivity index (χ0v) is 16.7. The van der Waals surface area contributed by atoms with Gasteiger partial charge in [0.2, 0.25) is 0 Å². The number of benzene rings is 2. The molecule has 0 unspecified atom stereocenters. The fraction of sp³-hybridized carbons (Fsp3) is 0.261. The number of hydrogen-bond acceptors (Lipinski definition) is 5. The largest absolute Gasteiger partial charge is 0.493 e. The summed E-state index contributed by atoms with van der Waals surface area (Å²) in [6.45, 7) is 1.92. The van der Waals surface area contributed by atoms with E-state index < -0.39 is 18.5 Å². The molecule has 0 radical (unpaired) electrons. The van der Waals surface area contributed by atoms with Crippen molar-refractivity contribution in [3.05, 3.63) is 65.7 Å². The quantitative estimate of drug-likeness (QED) is 0.491. The molecule has 0 heterocycles. The van der Waals surface area contributed by atoms with Crippen LogP contribution in [0.3, 0.4) is 0 Å². The molecule has 1 fully saturated rings. The standard InChI is InChI=1S/C23H24N2O5/c1-2-29-20-10-6-3-7-16(20)11-14-22(27)30-15-21(26)25-19-9-5-4-8-18(19)23(28)24-17-12-13-17/h3-11,14,17H,2,12-13,15H2,1H3,(H,24,28)(H,25,26)/b14-11+. The highest BCUT2D eigenvalue weighted by Gasteiger charge is 2.25. The van der Waals surface area contributed by atoms with Crippen LogP contribution in [-0.2, 0) is 14.3 Å². The van der Waals surface area contributed by atoms with Crippen LogP contribution in [0.2, 0.25) is 0 Å². The third-order valence-electron chi connectivity index (χ3n) is 4.32. The molecular weight excluding hydrogens is 384 g/mol. The highest BCUT2D eigenvalue weighted by atomic mass is 16.5. The summed E-state index contributed by atoms with van der Waals surface area (Å²) >= 11 is 0. The number of anilines is 1. The number of esters is 1. The minimum atomic E-state index is -0.656. The van der Waals surface area contributed by atoms with E-state index in [-0.39, 0.29) is 11.9 Å². The molecule has 2 aromatic carbocycles. The number of rotatable bonds is 9. The fourth-order valence-electron chi connectivity index (χ4n) is 2.72. The Hall–Kier alpha value is -3.61. The molecule has 2 amide bonds. The van der Waals surface area contributed by atoms with Crippen LogP contribution in [0.25, 0.3) is 6.08 Å². The van der Waals surface area contributed by atoms with E-state index in [1.165, 1.54) is 6.08 Å². The molecule has 156 valence electrons. The zero-order valence-electron chi connectivity index (χ0n) is 16.7. The van der Waals surface area contributed by atoms with Crippen molar-refractivity contribution in [1.29, 1.82) is 0 Å². The van der Waals surface area contributed by atoms with Gasteiger partial charge in [-0.05, 0) is 44.0 Å². The summed E-state index contributed by atoms with van der Waals surface area (Å²) in [5, 5.41) is 5.50. The smallest absolute Gasteiger partial charge is 0.331 e. The third-order valence-corrected chi connectivity index (χ3v) is 4.32. The molecule has 0 aromatic heterocycles. The van der Waals surface area contributed by atoms with Gasteiger partial charge in [-0.2, -0.15) is 0 Å². The summed E-state index contributed by atoms with van der Waals surface area (Å²) in [5.41, 5.74) is 1.48. The molecule has 7 heteroatoms. The van der Waals surface area contributed by atoms with Crippen LogP contribution in [0, 0.1) is 0 Å². The van der Waals surface area contributed by atoms with Gasteiger partial charge in [0.15, 0.2) is 6.61 Å². The monoisotopic (exact) mass is 408 g/mol. The second-order valence-corrected chi connectivity index (χ2v) is 6.75. The van der Waals surface area contributed by atoms with Crippen LogP contribution in [0.15, 0.2) is 54.6 Å². The molecule has 1 aliphatic rings. The van der Waals surface area contributed by atoms with Gasteiger partial charge in [-0.15, -0.1) is 0 Å². The van der Waals surface area contributed by atoms with E-state index in [0.29, 0.717) is 23.6 Å². The Balaban J connectivity index is 1.52. The molecule has 0 spiro atoms. The Morgan fingerprint density at radius 1 is 1.07 bits per heavy atom. The van der Waals surface area contributed by atoms with Gasteiger partial charge >= 0.3 is 5.97 Å². The Morgan fingerprint density at radius 2 is 1.80 bits per heavy atom. The molecule has 0 bridgehead atoms. The fourth-order valence-corrected chi connectivity index (χ4v) is 2.72. The number of hydrogen-bond donors (Lipinski definition) is 2. The van der Waals surface area contributed by atoms with Crippen LogP contribution in [0.5, 0.6) is 5.75 Å². The summed E-state index contributed by atoms with van der Waals surface area (Å²) in [6.07, 6.45) is 4.75. The first-order valence-corrected chi connectivity index (χ1v) is 9.83. The van der Waals surface area contributed by atoms with E-state index in [2.05, 4.69) is 10.6 Å². The average molecular weight is 408 g/mol. The zero-order chi connectivity index (χ0) is 21.3. The first kappa shape index (κ1) is 21.1. The van der Waals surface area contributed by atoms with E-state index in [9.17, 15) is 14.4 Å². The Bertz CT molecular complexity index is 950. The van der Waals surface area contributed by atoms with Crippen LogP contribution in [-0.4, -0.2) is 37.0 Å². The second kappa shape index (κ2) is 10.2. The lowest BCUT2D eigenvalue weighted by atomic mass is 10.1. The van der Waals surface area contributed by atoms with Crippen molar-refractivity contribution in [2.24, 2.45) is 0 Å². The van der Waals surface area contributed by atoms with Crippen LogP contribution < -0.4 is 15.4 Å². The first-order chi connectivity index (χ1) is 14.6. The molecule has 3 rings (SSSR count). The van der Waals surface area contributed by atoms with Gasteiger partial charge < -0.3 is 20.1 Å². The third kappa shape index (κ3) is 6.20. The minimum absolute atomic E-state index is 0.210. The Morgan fingerprint density at radius 3 is 2.57 bits per heavy atom. The lowest BCUT2D eigenvalue weighted by Gasteiger charge is -2.11. The Kier molecular flexibility index (Phi) is 7.21. The maximum Gasteiger partial charge on any atom is 0.331 e. The molecular formula is C23H24N2O5. The number of ether oxygens (including phenoxy) is 2. The van der Waals surface area contributed by atoms with E-state index >= 15 is 0 Å². The number of carbonyl (C=O) groups is 3. The van der Waals surface area contributed by atoms with Gasteiger partial charge in [-0.25, -0.2) is 4.79 Å². The lowest BCUT2D eigenvalue weighted by molar-refractivity contribution is -0.142. The SMILES string of the molecule is CCOc1ccccc1/C=C/C(=O)OCC(=O)Nc1ccccc1C(=O)NC1CC1. The van der Waals surface area contributed by atoms with Crippen molar-refractivity contribution in [2.45, 2.75) is 25.8 Å². The molecule has 1 saturated carbocycles. The van der Waals surface area contributed by atoms with Gasteiger partial charge in [0.05, 0.1) is 17.9 Å². The van der Waals surface area contributed by atoms with Crippen molar-refractivity contribution < 1.29 is 23.9 Å². The molecule has 0 saturated heterocycles. The summed E-state index contributed by atoms with van der Waals surface area (Å²) in [7, 11) is 0. The normalized spacial score (nSPS) is 13.0. The van der Waals surface area contributed by atoms with Crippen molar-refractivity contribution in [1.82, 2.24) is 5.32 Å². The number of nitrogens with one attached hydrogen (secondary N) is 2. The summed E-state index contributed by atoms with van der Waals surface area (Å²) in [6, 6.07) is 14.2. The lowest BCUT2D eigenvalue weighted by Crippen LogP contribution is -2.27. The van der Waals surface area contributed by atoms with Crippen molar-refractivity contribution in [3.8, 4) is 5.75 Å². The summed E-state index contributed by atoms with van der Waals surface area (Å²) < 4.78 is 10.5. The van der Waals surface area contributed by atoms with Crippen LogP contribution >= 0.6 is 0 Å². The maximum atomic E-state index is 12.3. The Labute approximate surface area is 175 Å². The average Bonchev–Trinajstić information content (AvgIpc) is 3.56. The van der Waals surface area contributed by atoms with E-state index in [1.807, 2.05) is 25.1 Å². The topological polar surface area (TPSA) is 93.7 Å². The van der Waals surface area contributed by atoms with Gasteiger partial charge in [-0.3, -0.25) is 9.59 Å². The summed E-state index contributed by atoms with van der Waals surface area (Å²) in [5.74, 6) is -0.765. The van der Waals surface area contributed by atoms with E-state index in [0.717, 1.165) is 18.4 Å². The highest BCUT2D eigenvalue weighted by Crippen LogP contribution is 2.22. The van der Waals surface area contributed by atoms with E-state index in [1.54, 1.807) is 36.4 Å². The molecule has 2 N–H and O–H groups in total. The first-order valence-electron chi connectivity index (χ1n) is 9.83. The van der Waals surface area contributed by atoms with Crippen molar-refractivity contribution in [2.75, 3.05) is 18.5 Å². The summed E-state index contributed by atoms with van der Waals surface area (Å²) in [4.78, 5) is 36.4. The van der Waals surface area contributed by atoms with E-state index in [4.69, 9.17) is 9.47 Å². The minimum Gasteiger partial charge on any atom is -0.493 e. The predicted octanol–water partition coefficient (Wildman–Crippen LogP) is 3.17. The van der Waals surface area contributed by atoms with Gasteiger partial charge in [0.25, 0.3) is 11.8 Å². The highest BCUT2D eigenvalue weighted by molar-refractivity contribution is 6.04. The van der Waals surface area contributed by atoms with Crippen LogP contribution in [0.4, 0.5) is 5.69 Å². The van der Waals surface area contributed by atoms with Gasteiger partial charge in [0.1, 0.15) is 5.75 Å². The second-order valence-electron chi connectivity index (χ2n) is 6.75. The molecule has 0 aliphatic heterocycles. The molecule has 0 atom stereocenters. The van der Waals surface area contributed by atoms with Gasteiger partial charge in [0, 0.05) is 17.7 Å². The number of para-hydroxylation sites is 2. The number of carbonyl (C=O) groups excluding carboxylic acids is 3. The van der Waals surface area contributed by atoms with Gasteiger partial charge in [-0.1, -0.05) is 30.3 Å². The maximum absolute atomic E-state index is 12.3. The van der Waals surface area contributed by atoms with Crippen molar-refractivity contribution >= 4 is 29.5 Å². The van der Waals surface area contributed by atoms with Crippen LogP contribution in [0.1, 0.15) is 35.7 Å². The predicted molar refractivity (Wildman–Crippen MR) is 113 cm³/mol.